The van der Waals surface area contributed by atoms with Gasteiger partial charge >= 0.3 is 6.18 Å². The van der Waals surface area contributed by atoms with E-state index in [1.807, 2.05) is 0 Å². The molecule has 110 valence electrons. The Labute approximate surface area is 132 Å². The van der Waals surface area contributed by atoms with Crippen LogP contribution < -0.4 is 11.1 Å². The van der Waals surface area contributed by atoms with Gasteiger partial charge in [-0.05, 0) is 30.3 Å². The lowest BCUT2D eigenvalue weighted by Gasteiger charge is -2.12. The molecule has 8 heteroatoms. The highest BCUT2D eigenvalue weighted by Crippen LogP contribution is 2.36. The summed E-state index contributed by atoms with van der Waals surface area (Å²) in [6, 6.07) is 8.72. The Morgan fingerprint density at radius 3 is 2.57 bits per heavy atom. The van der Waals surface area contributed by atoms with E-state index in [1.54, 1.807) is 18.2 Å². The summed E-state index contributed by atoms with van der Waals surface area (Å²) in [5.41, 5.74) is 5.35. The van der Waals surface area contributed by atoms with Crippen LogP contribution in [0.5, 0.6) is 0 Å². The largest absolute Gasteiger partial charge is 0.417 e. The Hall–Kier alpha value is -1.67. The van der Waals surface area contributed by atoms with Crippen molar-refractivity contribution in [2.75, 3.05) is 5.32 Å². The molecule has 0 radical (unpaired) electrons. The summed E-state index contributed by atoms with van der Waals surface area (Å²) >= 11 is 7.69. The molecule has 0 unspecified atom stereocenters. The van der Waals surface area contributed by atoms with Crippen LogP contribution in [0.15, 0.2) is 40.9 Å². The predicted octanol–water partition coefficient (Wildman–Crippen LogP) is 4.24. The quantitative estimate of drug-likeness (QED) is 0.787. The van der Waals surface area contributed by atoms with Crippen molar-refractivity contribution >= 4 is 44.6 Å². The number of pyridine rings is 1. The van der Waals surface area contributed by atoms with E-state index in [4.69, 9.17) is 18.0 Å². The van der Waals surface area contributed by atoms with Gasteiger partial charge in [-0.3, -0.25) is 0 Å². The summed E-state index contributed by atoms with van der Waals surface area (Å²) in [5, 5.41) is 2.79. The second-order valence-corrected chi connectivity index (χ2v) is 5.38. The summed E-state index contributed by atoms with van der Waals surface area (Å²) in [4.78, 5) is 4.23. The number of hydrogen-bond acceptors (Lipinski definition) is 3. The number of nitrogens with zero attached hydrogens (tertiary/aromatic N) is 1. The van der Waals surface area contributed by atoms with Crippen LogP contribution in [-0.4, -0.2) is 9.97 Å². The third-order valence-electron chi connectivity index (χ3n) is 2.55. The van der Waals surface area contributed by atoms with Gasteiger partial charge in [-0.25, -0.2) is 4.98 Å². The standard InChI is InChI=1S/C13H9BrF3N3S/c14-9-5-4-7(6-8(9)13(15,16)17)19-11-3-1-2-10(20-11)12(18)21/h1-6H,(H2,18,21)(H,19,20). The Balaban J connectivity index is 2.32. The predicted molar refractivity (Wildman–Crippen MR) is 82.6 cm³/mol. The molecular formula is C13H9BrF3N3S. The number of nitrogens with one attached hydrogen (secondary N) is 1. The van der Waals surface area contributed by atoms with Gasteiger partial charge in [0.05, 0.1) is 11.3 Å². The van der Waals surface area contributed by atoms with Crippen LogP contribution in [0.25, 0.3) is 0 Å². The molecule has 2 rings (SSSR count). The van der Waals surface area contributed by atoms with Crippen LogP contribution in [0.1, 0.15) is 11.3 Å². The van der Waals surface area contributed by atoms with Crippen molar-refractivity contribution in [3.63, 3.8) is 0 Å². The Bertz CT molecular complexity index is 689. The van der Waals surface area contributed by atoms with Crippen LogP contribution in [-0.2, 0) is 6.18 Å². The lowest BCUT2D eigenvalue weighted by Crippen LogP contribution is -2.12. The van der Waals surface area contributed by atoms with Crippen molar-refractivity contribution in [1.29, 1.82) is 0 Å². The molecule has 0 spiro atoms. The molecule has 21 heavy (non-hydrogen) atoms. The van der Waals surface area contributed by atoms with Crippen molar-refractivity contribution in [2.45, 2.75) is 6.18 Å². The fourth-order valence-corrected chi connectivity index (χ4v) is 2.19. The van der Waals surface area contributed by atoms with Crippen molar-refractivity contribution in [3.8, 4) is 0 Å². The van der Waals surface area contributed by atoms with Gasteiger partial charge in [-0.1, -0.05) is 34.2 Å². The van der Waals surface area contributed by atoms with Gasteiger partial charge in [0, 0.05) is 10.2 Å². The molecular weight excluding hydrogens is 367 g/mol. The Kier molecular flexibility index (Phi) is 4.48. The Morgan fingerprint density at radius 1 is 1.24 bits per heavy atom. The second kappa shape index (κ2) is 5.98. The van der Waals surface area contributed by atoms with Crippen LogP contribution in [0.4, 0.5) is 24.7 Å². The zero-order chi connectivity index (χ0) is 15.6. The smallest absolute Gasteiger partial charge is 0.388 e. The van der Waals surface area contributed by atoms with E-state index in [0.29, 0.717) is 11.5 Å². The van der Waals surface area contributed by atoms with Gasteiger partial charge in [0.15, 0.2) is 0 Å². The SMILES string of the molecule is NC(=S)c1cccc(Nc2ccc(Br)c(C(F)(F)F)c2)n1. The first-order valence-electron chi connectivity index (χ1n) is 5.68. The third-order valence-corrected chi connectivity index (χ3v) is 3.45. The number of hydrogen-bond donors (Lipinski definition) is 2. The maximum atomic E-state index is 12.8. The molecule has 3 N–H and O–H groups in total. The maximum absolute atomic E-state index is 12.8. The Morgan fingerprint density at radius 2 is 1.95 bits per heavy atom. The third kappa shape index (κ3) is 3.92. The molecule has 1 aromatic heterocycles. The molecule has 0 aliphatic heterocycles. The summed E-state index contributed by atoms with van der Waals surface area (Å²) in [5.74, 6) is 0.357. The molecule has 0 aliphatic rings. The van der Waals surface area contributed by atoms with E-state index in [2.05, 4.69) is 26.2 Å². The molecule has 3 nitrogen and oxygen atoms in total. The monoisotopic (exact) mass is 375 g/mol. The molecule has 0 aliphatic carbocycles. The zero-order valence-electron chi connectivity index (χ0n) is 10.4. The minimum Gasteiger partial charge on any atom is -0.388 e. The van der Waals surface area contributed by atoms with E-state index in [-0.39, 0.29) is 15.1 Å². The summed E-state index contributed by atoms with van der Waals surface area (Å²) in [6.07, 6.45) is -4.44. The van der Waals surface area contributed by atoms with Gasteiger partial charge in [-0.15, -0.1) is 0 Å². The molecule has 0 amide bonds. The van der Waals surface area contributed by atoms with Crippen LogP contribution in [0, 0.1) is 0 Å². The average Bonchev–Trinajstić information content (AvgIpc) is 2.40. The number of anilines is 2. The molecule has 1 heterocycles. The lowest BCUT2D eigenvalue weighted by atomic mass is 10.2. The minimum absolute atomic E-state index is 0.0228. The fourth-order valence-electron chi connectivity index (χ4n) is 1.61. The number of nitrogens with two attached hydrogens (primary N) is 1. The average molecular weight is 376 g/mol. The minimum atomic E-state index is -4.44. The van der Waals surface area contributed by atoms with E-state index >= 15 is 0 Å². The van der Waals surface area contributed by atoms with Crippen molar-refractivity contribution in [3.05, 3.63) is 52.1 Å². The van der Waals surface area contributed by atoms with Crippen molar-refractivity contribution in [2.24, 2.45) is 5.73 Å². The van der Waals surface area contributed by atoms with E-state index in [0.717, 1.165) is 6.07 Å². The molecule has 0 fully saturated rings. The normalized spacial score (nSPS) is 11.2. The highest BCUT2D eigenvalue weighted by Gasteiger charge is 2.33. The second-order valence-electron chi connectivity index (χ2n) is 4.09. The molecule has 0 saturated heterocycles. The number of halogens is 4. The van der Waals surface area contributed by atoms with Gasteiger partial charge in [0.25, 0.3) is 0 Å². The number of aromatic nitrogens is 1. The van der Waals surface area contributed by atoms with Crippen LogP contribution in [0.3, 0.4) is 0 Å². The molecule has 1 aromatic carbocycles. The molecule has 0 bridgehead atoms. The van der Waals surface area contributed by atoms with Crippen molar-refractivity contribution < 1.29 is 13.2 Å². The van der Waals surface area contributed by atoms with Gasteiger partial charge in [0.2, 0.25) is 0 Å². The summed E-state index contributed by atoms with van der Waals surface area (Å²) < 4.78 is 38.5. The van der Waals surface area contributed by atoms with E-state index < -0.39 is 11.7 Å². The highest BCUT2D eigenvalue weighted by molar-refractivity contribution is 9.10. The van der Waals surface area contributed by atoms with E-state index in [1.165, 1.54) is 12.1 Å². The molecule has 2 aromatic rings. The first-order chi connectivity index (χ1) is 9.77. The topological polar surface area (TPSA) is 50.9 Å². The molecule has 0 atom stereocenters. The number of thiocarbonyl (C=S) groups is 1. The van der Waals surface area contributed by atoms with E-state index in [9.17, 15) is 13.2 Å². The van der Waals surface area contributed by atoms with Gasteiger partial charge in [0.1, 0.15) is 10.8 Å². The number of rotatable bonds is 3. The van der Waals surface area contributed by atoms with Gasteiger partial charge in [-0.2, -0.15) is 13.2 Å². The highest BCUT2D eigenvalue weighted by atomic mass is 79.9. The number of benzene rings is 1. The van der Waals surface area contributed by atoms with Crippen LogP contribution >= 0.6 is 28.1 Å². The van der Waals surface area contributed by atoms with Crippen molar-refractivity contribution in [1.82, 2.24) is 4.98 Å². The zero-order valence-corrected chi connectivity index (χ0v) is 12.8. The fraction of sp³-hybridized carbons (Fsp3) is 0.0769. The summed E-state index contributed by atoms with van der Waals surface area (Å²) in [7, 11) is 0. The lowest BCUT2D eigenvalue weighted by molar-refractivity contribution is -0.138. The van der Waals surface area contributed by atoms with Gasteiger partial charge < -0.3 is 11.1 Å². The molecule has 0 saturated carbocycles. The number of alkyl halides is 3. The maximum Gasteiger partial charge on any atom is 0.417 e. The first-order valence-corrected chi connectivity index (χ1v) is 6.88. The summed E-state index contributed by atoms with van der Waals surface area (Å²) in [6.45, 7) is 0. The first kappa shape index (κ1) is 15.7. The van der Waals surface area contributed by atoms with Crippen LogP contribution in [0.2, 0.25) is 0 Å².